The third kappa shape index (κ3) is 2.58. The average molecular weight is 254 g/mol. The summed E-state index contributed by atoms with van der Waals surface area (Å²) in [5, 5.41) is 0. The molecule has 2 rings (SSSR count). The van der Waals surface area contributed by atoms with E-state index in [2.05, 4.69) is 57.8 Å². The summed E-state index contributed by atoms with van der Waals surface area (Å²) in [6.45, 7) is 8.52. The molecule has 0 aliphatic heterocycles. The van der Waals surface area contributed by atoms with Gasteiger partial charge >= 0.3 is 0 Å². The molecule has 0 aliphatic carbocycles. The molecule has 100 valence electrons. The fourth-order valence-electron chi connectivity index (χ4n) is 2.38. The second-order valence-electron chi connectivity index (χ2n) is 5.34. The van der Waals surface area contributed by atoms with E-state index in [1.807, 2.05) is 12.1 Å². The molecule has 0 saturated carbocycles. The van der Waals surface area contributed by atoms with Crippen LogP contribution in [0.25, 0.3) is 0 Å². The number of anilines is 3. The normalized spacial score (nSPS) is 10.6. The standard InChI is InChI=1S/C17H22N2/c1-11-6-7-15(18)17(8-11)19(5)16-10-13(3)12(2)9-14(16)4/h6-10H,18H2,1-5H3. The van der Waals surface area contributed by atoms with Crippen LogP contribution in [0.5, 0.6) is 0 Å². The molecule has 2 nitrogen and oxygen atoms in total. The van der Waals surface area contributed by atoms with Crippen LogP contribution in [-0.2, 0) is 0 Å². The number of rotatable bonds is 2. The Morgan fingerprint density at radius 2 is 1.42 bits per heavy atom. The molecule has 0 aliphatic rings. The first-order valence-electron chi connectivity index (χ1n) is 6.58. The number of benzene rings is 2. The largest absolute Gasteiger partial charge is 0.397 e. The van der Waals surface area contributed by atoms with Crippen molar-refractivity contribution in [2.75, 3.05) is 17.7 Å². The Labute approximate surface area is 115 Å². The Kier molecular flexibility index (Phi) is 3.52. The minimum Gasteiger partial charge on any atom is -0.397 e. The van der Waals surface area contributed by atoms with Gasteiger partial charge in [0.25, 0.3) is 0 Å². The highest BCUT2D eigenvalue weighted by molar-refractivity contribution is 5.76. The van der Waals surface area contributed by atoms with Crippen molar-refractivity contribution in [1.29, 1.82) is 0 Å². The van der Waals surface area contributed by atoms with Crippen LogP contribution >= 0.6 is 0 Å². The maximum absolute atomic E-state index is 6.10. The molecule has 2 heteroatoms. The molecule has 0 unspecified atom stereocenters. The van der Waals surface area contributed by atoms with Crippen molar-refractivity contribution in [3.8, 4) is 0 Å². The zero-order valence-corrected chi connectivity index (χ0v) is 12.4. The molecular weight excluding hydrogens is 232 g/mol. The summed E-state index contributed by atoms with van der Waals surface area (Å²) in [6.07, 6.45) is 0. The summed E-state index contributed by atoms with van der Waals surface area (Å²) in [6, 6.07) is 10.6. The Morgan fingerprint density at radius 1 is 0.789 bits per heavy atom. The van der Waals surface area contributed by atoms with E-state index in [-0.39, 0.29) is 0 Å². The highest BCUT2D eigenvalue weighted by Crippen LogP contribution is 2.33. The van der Waals surface area contributed by atoms with E-state index in [1.54, 1.807) is 0 Å². The lowest BCUT2D eigenvalue weighted by Gasteiger charge is -2.24. The van der Waals surface area contributed by atoms with Gasteiger partial charge in [-0.15, -0.1) is 0 Å². The van der Waals surface area contributed by atoms with Gasteiger partial charge in [-0.1, -0.05) is 12.1 Å². The van der Waals surface area contributed by atoms with Crippen LogP contribution < -0.4 is 10.6 Å². The highest BCUT2D eigenvalue weighted by atomic mass is 15.1. The molecule has 0 saturated heterocycles. The van der Waals surface area contributed by atoms with Crippen LogP contribution in [-0.4, -0.2) is 7.05 Å². The van der Waals surface area contributed by atoms with Crippen LogP contribution in [0, 0.1) is 27.7 Å². The maximum Gasteiger partial charge on any atom is 0.0644 e. The summed E-state index contributed by atoms with van der Waals surface area (Å²) >= 11 is 0. The van der Waals surface area contributed by atoms with Gasteiger partial charge in [-0.05, 0) is 68.1 Å². The van der Waals surface area contributed by atoms with Crippen molar-refractivity contribution in [1.82, 2.24) is 0 Å². The van der Waals surface area contributed by atoms with Gasteiger partial charge in [-0.3, -0.25) is 0 Å². The number of aryl methyl sites for hydroxylation is 4. The molecule has 19 heavy (non-hydrogen) atoms. The average Bonchev–Trinajstić information content (AvgIpc) is 2.36. The number of hydrogen-bond acceptors (Lipinski definition) is 2. The first-order chi connectivity index (χ1) is 8.90. The number of nitrogen functional groups attached to an aromatic ring is 1. The van der Waals surface area contributed by atoms with E-state index >= 15 is 0 Å². The van der Waals surface area contributed by atoms with Gasteiger partial charge in [-0.2, -0.15) is 0 Å². The highest BCUT2D eigenvalue weighted by Gasteiger charge is 2.11. The third-order valence-electron chi connectivity index (χ3n) is 3.72. The van der Waals surface area contributed by atoms with E-state index in [0.29, 0.717) is 0 Å². The summed E-state index contributed by atoms with van der Waals surface area (Å²) in [5.41, 5.74) is 14.3. The van der Waals surface area contributed by atoms with E-state index in [4.69, 9.17) is 5.73 Å². The summed E-state index contributed by atoms with van der Waals surface area (Å²) in [5.74, 6) is 0. The second-order valence-corrected chi connectivity index (χ2v) is 5.34. The van der Waals surface area contributed by atoms with Crippen LogP contribution in [0.15, 0.2) is 30.3 Å². The van der Waals surface area contributed by atoms with Gasteiger partial charge < -0.3 is 10.6 Å². The Balaban J connectivity index is 2.52. The lowest BCUT2D eigenvalue weighted by Crippen LogP contribution is -2.13. The molecule has 0 fully saturated rings. The zero-order valence-electron chi connectivity index (χ0n) is 12.4. The van der Waals surface area contributed by atoms with E-state index in [9.17, 15) is 0 Å². The second kappa shape index (κ2) is 4.96. The minimum atomic E-state index is 0.811. The Hall–Kier alpha value is -1.96. The molecule has 0 bridgehead atoms. The van der Waals surface area contributed by atoms with Crippen LogP contribution in [0.4, 0.5) is 17.1 Å². The topological polar surface area (TPSA) is 29.3 Å². The monoisotopic (exact) mass is 254 g/mol. The predicted molar refractivity (Wildman–Crippen MR) is 84.3 cm³/mol. The fourth-order valence-corrected chi connectivity index (χ4v) is 2.38. The quantitative estimate of drug-likeness (QED) is 0.811. The summed E-state index contributed by atoms with van der Waals surface area (Å²) in [7, 11) is 2.07. The SMILES string of the molecule is Cc1ccc(N)c(N(C)c2cc(C)c(C)cc2C)c1. The number of nitrogens with two attached hydrogens (primary N) is 1. The molecule has 0 spiro atoms. The first-order valence-corrected chi connectivity index (χ1v) is 6.58. The van der Waals surface area contributed by atoms with Crippen LogP contribution in [0.2, 0.25) is 0 Å². The van der Waals surface area contributed by atoms with Crippen molar-refractivity contribution in [3.63, 3.8) is 0 Å². The fraction of sp³-hybridized carbons (Fsp3) is 0.294. The van der Waals surface area contributed by atoms with Crippen LogP contribution in [0.1, 0.15) is 22.3 Å². The van der Waals surface area contributed by atoms with E-state index < -0.39 is 0 Å². The Bertz CT molecular complexity index is 615. The van der Waals surface area contributed by atoms with Gasteiger partial charge in [0.1, 0.15) is 0 Å². The van der Waals surface area contributed by atoms with E-state index in [0.717, 1.165) is 11.4 Å². The number of nitrogens with zero attached hydrogens (tertiary/aromatic N) is 1. The number of hydrogen-bond donors (Lipinski definition) is 1. The van der Waals surface area contributed by atoms with E-state index in [1.165, 1.54) is 27.9 Å². The smallest absolute Gasteiger partial charge is 0.0644 e. The molecule has 0 atom stereocenters. The summed E-state index contributed by atoms with van der Waals surface area (Å²) < 4.78 is 0. The lowest BCUT2D eigenvalue weighted by molar-refractivity contribution is 1.16. The van der Waals surface area contributed by atoms with Crippen molar-refractivity contribution in [3.05, 3.63) is 52.6 Å². The van der Waals surface area contributed by atoms with Gasteiger partial charge in [0.2, 0.25) is 0 Å². The third-order valence-corrected chi connectivity index (χ3v) is 3.72. The minimum absolute atomic E-state index is 0.811. The molecule has 0 heterocycles. The van der Waals surface area contributed by atoms with Crippen molar-refractivity contribution >= 4 is 17.1 Å². The van der Waals surface area contributed by atoms with Crippen molar-refractivity contribution < 1.29 is 0 Å². The van der Waals surface area contributed by atoms with Gasteiger partial charge in [0, 0.05) is 12.7 Å². The molecule has 0 aromatic heterocycles. The zero-order chi connectivity index (χ0) is 14.2. The molecule has 0 amide bonds. The molecule has 2 aromatic carbocycles. The molecule has 2 aromatic rings. The maximum atomic E-state index is 6.10. The van der Waals surface area contributed by atoms with Crippen LogP contribution in [0.3, 0.4) is 0 Å². The predicted octanol–water partition coefficient (Wildman–Crippen LogP) is 4.27. The van der Waals surface area contributed by atoms with Crippen molar-refractivity contribution in [2.45, 2.75) is 27.7 Å². The molecule has 2 N–H and O–H groups in total. The molecule has 0 radical (unpaired) electrons. The Morgan fingerprint density at radius 3 is 2.11 bits per heavy atom. The molecular formula is C17H22N2. The first kappa shape index (κ1) is 13.5. The van der Waals surface area contributed by atoms with Gasteiger partial charge in [0.05, 0.1) is 11.4 Å². The van der Waals surface area contributed by atoms with Gasteiger partial charge in [0.15, 0.2) is 0 Å². The van der Waals surface area contributed by atoms with Gasteiger partial charge in [-0.25, -0.2) is 0 Å². The van der Waals surface area contributed by atoms with Crippen molar-refractivity contribution in [2.24, 2.45) is 0 Å². The summed E-state index contributed by atoms with van der Waals surface area (Å²) in [4.78, 5) is 2.17. The lowest BCUT2D eigenvalue weighted by atomic mass is 10.0.